The molecule has 0 saturated carbocycles. The monoisotopic (exact) mass is 291 g/mol. The highest BCUT2D eigenvalue weighted by Crippen LogP contribution is 2.31. The van der Waals surface area contributed by atoms with Crippen molar-refractivity contribution < 1.29 is 9.47 Å². The van der Waals surface area contributed by atoms with Crippen LogP contribution in [0.4, 0.5) is 0 Å². The van der Waals surface area contributed by atoms with E-state index in [1.165, 1.54) is 0 Å². The van der Waals surface area contributed by atoms with Gasteiger partial charge in [-0.05, 0) is 61.9 Å². The zero-order chi connectivity index (χ0) is 14.4. The third-order valence-electron chi connectivity index (χ3n) is 2.79. The van der Waals surface area contributed by atoms with Crippen LogP contribution in [0, 0.1) is 0 Å². The lowest BCUT2D eigenvalue weighted by molar-refractivity contribution is 0.339. The first-order chi connectivity index (χ1) is 9.72. The van der Waals surface area contributed by atoms with Crippen LogP contribution in [0.25, 0.3) is 0 Å². The zero-order valence-electron chi connectivity index (χ0n) is 11.4. The first-order valence-electron chi connectivity index (χ1n) is 6.62. The topological polar surface area (TPSA) is 44.5 Å². The number of halogens is 1. The molecule has 2 N–H and O–H groups in total. The molecule has 2 aromatic carbocycles. The highest BCUT2D eigenvalue weighted by atomic mass is 35.5. The summed E-state index contributed by atoms with van der Waals surface area (Å²) >= 11 is 6.21. The molecule has 106 valence electrons. The second kappa shape index (κ2) is 7.17. The molecular weight excluding hydrogens is 274 g/mol. The number of nitrogens with two attached hydrogens (primary N) is 1. The van der Waals surface area contributed by atoms with Crippen LogP contribution in [-0.2, 0) is 6.42 Å². The number of benzene rings is 2. The zero-order valence-corrected chi connectivity index (χ0v) is 12.2. The lowest BCUT2D eigenvalue weighted by atomic mass is 10.1. The Balaban J connectivity index is 2.09. The molecule has 0 aliphatic heterocycles. The van der Waals surface area contributed by atoms with Gasteiger partial charge in [0.25, 0.3) is 0 Å². The SMILES string of the molecule is CCOc1ccc(Oc2ccc(CCN)cc2Cl)cc1. The smallest absolute Gasteiger partial charge is 0.146 e. The Morgan fingerprint density at radius 1 is 1.05 bits per heavy atom. The summed E-state index contributed by atoms with van der Waals surface area (Å²) in [5.74, 6) is 2.18. The molecular formula is C16H18ClNO2. The Hall–Kier alpha value is -1.71. The van der Waals surface area contributed by atoms with E-state index in [0.29, 0.717) is 23.9 Å². The third kappa shape index (κ3) is 3.89. The van der Waals surface area contributed by atoms with Crippen molar-refractivity contribution >= 4 is 11.6 Å². The van der Waals surface area contributed by atoms with Crippen molar-refractivity contribution in [3.05, 3.63) is 53.1 Å². The molecule has 0 unspecified atom stereocenters. The van der Waals surface area contributed by atoms with E-state index in [1.807, 2.05) is 49.4 Å². The maximum absolute atomic E-state index is 6.21. The van der Waals surface area contributed by atoms with Crippen LogP contribution in [0.15, 0.2) is 42.5 Å². The van der Waals surface area contributed by atoms with Crippen LogP contribution < -0.4 is 15.2 Å². The molecule has 2 rings (SSSR count). The van der Waals surface area contributed by atoms with Crippen molar-refractivity contribution in [3.63, 3.8) is 0 Å². The summed E-state index contributed by atoms with van der Waals surface area (Å²) in [4.78, 5) is 0. The van der Waals surface area contributed by atoms with Crippen LogP contribution in [0.2, 0.25) is 5.02 Å². The van der Waals surface area contributed by atoms with Crippen LogP contribution >= 0.6 is 11.6 Å². The fourth-order valence-corrected chi connectivity index (χ4v) is 2.09. The molecule has 0 radical (unpaired) electrons. The summed E-state index contributed by atoms with van der Waals surface area (Å²) < 4.78 is 11.1. The molecule has 0 saturated heterocycles. The summed E-state index contributed by atoms with van der Waals surface area (Å²) in [6.45, 7) is 3.21. The molecule has 0 bridgehead atoms. The largest absolute Gasteiger partial charge is 0.494 e. The molecule has 0 atom stereocenters. The molecule has 0 aromatic heterocycles. The highest BCUT2D eigenvalue weighted by Gasteiger charge is 2.05. The minimum absolute atomic E-state index is 0.588. The fourth-order valence-electron chi connectivity index (χ4n) is 1.85. The predicted octanol–water partition coefficient (Wildman–Crippen LogP) is 4.03. The lowest BCUT2D eigenvalue weighted by Crippen LogP contribution is -2.02. The quantitative estimate of drug-likeness (QED) is 0.874. The van der Waals surface area contributed by atoms with Gasteiger partial charge in [-0.2, -0.15) is 0 Å². The Morgan fingerprint density at radius 2 is 1.75 bits per heavy atom. The van der Waals surface area contributed by atoms with Crippen molar-refractivity contribution in [1.29, 1.82) is 0 Å². The normalized spacial score (nSPS) is 10.3. The molecule has 0 spiro atoms. The van der Waals surface area contributed by atoms with Crippen LogP contribution in [0.3, 0.4) is 0 Å². The standard InChI is InChI=1S/C16H18ClNO2/c1-2-19-13-4-6-14(7-5-13)20-16-8-3-12(9-10-18)11-15(16)17/h3-8,11H,2,9-10,18H2,1H3. The van der Waals surface area contributed by atoms with Gasteiger partial charge >= 0.3 is 0 Å². The van der Waals surface area contributed by atoms with Crippen molar-refractivity contribution in [3.8, 4) is 17.2 Å². The van der Waals surface area contributed by atoms with E-state index < -0.39 is 0 Å². The Morgan fingerprint density at radius 3 is 2.35 bits per heavy atom. The van der Waals surface area contributed by atoms with Crippen LogP contribution in [-0.4, -0.2) is 13.2 Å². The van der Waals surface area contributed by atoms with Gasteiger partial charge in [0.05, 0.1) is 11.6 Å². The first kappa shape index (κ1) is 14.7. The summed E-state index contributed by atoms with van der Waals surface area (Å²) in [5.41, 5.74) is 6.63. The van der Waals surface area contributed by atoms with Crippen molar-refractivity contribution in [1.82, 2.24) is 0 Å². The van der Waals surface area contributed by atoms with Crippen molar-refractivity contribution in [2.45, 2.75) is 13.3 Å². The van der Waals surface area contributed by atoms with E-state index in [2.05, 4.69) is 0 Å². The first-order valence-corrected chi connectivity index (χ1v) is 7.00. The van der Waals surface area contributed by atoms with Crippen LogP contribution in [0.1, 0.15) is 12.5 Å². The predicted molar refractivity (Wildman–Crippen MR) is 81.9 cm³/mol. The fraction of sp³-hybridized carbons (Fsp3) is 0.250. The van der Waals surface area contributed by atoms with E-state index in [9.17, 15) is 0 Å². The maximum atomic E-state index is 6.21. The van der Waals surface area contributed by atoms with Gasteiger partial charge in [0.2, 0.25) is 0 Å². The van der Waals surface area contributed by atoms with Gasteiger partial charge in [0, 0.05) is 0 Å². The van der Waals surface area contributed by atoms with Crippen LogP contribution in [0.5, 0.6) is 17.2 Å². The molecule has 0 aliphatic carbocycles. The van der Waals surface area contributed by atoms with Crippen molar-refractivity contribution in [2.75, 3.05) is 13.2 Å². The van der Waals surface area contributed by atoms with E-state index >= 15 is 0 Å². The molecule has 0 fully saturated rings. The molecule has 4 heteroatoms. The van der Waals surface area contributed by atoms with Gasteiger partial charge in [-0.15, -0.1) is 0 Å². The molecule has 3 nitrogen and oxygen atoms in total. The average Bonchev–Trinajstić information content (AvgIpc) is 2.44. The minimum atomic E-state index is 0.588. The number of rotatable bonds is 6. The van der Waals surface area contributed by atoms with E-state index in [1.54, 1.807) is 0 Å². The molecule has 20 heavy (non-hydrogen) atoms. The summed E-state index contributed by atoms with van der Waals surface area (Å²) in [6, 6.07) is 13.2. The van der Waals surface area contributed by atoms with Gasteiger partial charge in [-0.25, -0.2) is 0 Å². The second-order valence-corrected chi connectivity index (χ2v) is 4.72. The third-order valence-corrected chi connectivity index (χ3v) is 3.09. The van der Waals surface area contributed by atoms with Gasteiger partial charge in [0.1, 0.15) is 17.2 Å². The lowest BCUT2D eigenvalue weighted by Gasteiger charge is -2.10. The van der Waals surface area contributed by atoms with Crippen molar-refractivity contribution in [2.24, 2.45) is 5.73 Å². The summed E-state index contributed by atoms with van der Waals surface area (Å²) in [5, 5.41) is 0.588. The van der Waals surface area contributed by atoms with E-state index in [4.69, 9.17) is 26.8 Å². The highest BCUT2D eigenvalue weighted by molar-refractivity contribution is 6.32. The second-order valence-electron chi connectivity index (χ2n) is 4.31. The molecule has 0 amide bonds. The van der Waals surface area contributed by atoms with Gasteiger partial charge < -0.3 is 15.2 Å². The maximum Gasteiger partial charge on any atom is 0.146 e. The van der Waals surface area contributed by atoms with Gasteiger partial charge in [0.15, 0.2) is 0 Å². The van der Waals surface area contributed by atoms with E-state index in [-0.39, 0.29) is 0 Å². The Bertz CT molecular complexity index is 555. The Kier molecular flexibility index (Phi) is 5.27. The summed E-state index contributed by atoms with van der Waals surface area (Å²) in [7, 11) is 0. The molecule has 0 heterocycles. The number of ether oxygens (including phenoxy) is 2. The minimum Gasteiger partial charge on any atom is -0.494 e. The number of hydrogen-bond acceptors (Lipinski definition) is 3. The molecule has 0 aliphatic rings. The summed E-state index contributed by atoms with van der Waals surface area (Å²) in [6.07, 6.45) is 0.809. The average molecular weight is 292 g/mol. The molecule has 2 aromatic rings. The Labute approximate surface area is 124 Å². The number of hydrogen-bond donors (Lipinski definition) is 1. The van der Waals surface area contributed by atoms with Gasteiger partial charge in [-0.1, -0.05) is 17.7 Å². The van der Waals surface area contributed by atoms with E-state index in [0.717, 1.165) is 23.5 Å². The van der Waals surface area contributed by atoms with Gasteiger partial charge in [-0.3, -0.25) is 0 Å².